The molecule has 0 rings (SSSR count). The highest BCUT2D eigenvalue weighted by Gasteiger charge is 2.10. The predicted molar refractivity (Wildman–Crippen MR) is 91.6 cm³/mol. The van der Waals surface area contributed by atoms with Gasteiger partial charge in [0.15, 0.2) is 0 Å². The Morgan fingerprint density at radius 1 is 0.857 bits per heavy atom. The fourth-order valence-corrected chi connectivity index (χ4v) is 2.17. The molecule has 1 amide bonds. The van der Waals surface area contributed by atoms with Gasteiger partial charge in [0.05, 0.1) is 0 Å². The van der Waals surface area contributed by atoms with Crippen LogP contribution in [0.1, 0.15) is 47.0 Å². The molecule has 0 aromatic heterocycles. The number of carbonyl (C=O) groups is 1. The van der Waals surface area contributed by atoms with Crippen LogP contribution in [0, 0.1) is 5.92 Å². The molecule has 0 aromatic carbocycles. The van der Waals surface area contributed by atoms with E-state index in [4.69, 9.17) is 0 Å². The molecule has 0 aliphatic rings. The first-order valence-electron chi connectivity index (χ1n) is 8.36. The molecule has 0 unspecified atom stereocenters. The van der Waals surface area contributed by atoms with Crippen LogP contribution in [0.3, 0.4) is 0 Å². The van der Waals surface area contributed by atoms with Gasteiger partial charge in [-0.15, -0.1) is 0 Å². The molecule has 0 aromatic rings. The van der Waals surface area contributed by atoms with Crippen molar-refractivity contribution >= 4 is 5.91 Å². The zero-order chi connectivity index (χ0) is 16.4. The lowest BCUT2D eigenvalue weighted by Gasteiger charge is -2.24. The van der Waals surface area contributed by atoms with Gasteiger partial charge in [0, 0.05) is 26.1 Å². The van der Waals surface area contributed by atoms with E-state index in [1.165, 1.54) is 6.42 Å². The van der Waals surface area contributed by atoms with Crippen LogP contribution >= 0.6 is 0 Å². The highest BCUT2D eigenvalue weighted by molar-refractivity contribution is 5.75. The van der Waals surface area contributed by atoms with Gasteiger partial charge in [0.25, 0.3) is 0 Å². The average Bonchev–Trinajstić information content (AvgIpc) is 2.37. The second-order valence-corrected chi connectivity index (χ2v) is 7.00. The van der Waals surface area contributed by atoms with Crippen LogP contribution in [-0.2, 0) is 4.79 Å². The van der Waals surface area contributed by atoms with Crippen molar-refractivity contribution in [1.82, 2.24) is 14.7 Å². The number of hydrogen-bond acceptors (Lipinski definition) is 3. The maximum Gasteiger partial charge on any atom is 0.222 e. The molecule has 0 fully saturated rings. The number of nitrogens with zero attached hydrogens (tertiary/aromatic N) is 3. The molecule has 4 heteroatoms. The Labute approximate surface area is 132 Å². The largest absolute Gasteiger partial charge is 0.346 e. The molecule has 0 spiro atoms. The summed E-state index contributed by atoms with van der Waals surface area (Å²) in [5, 5.41) is 0. The molecule has 0 heterocycles. The van der Waals surface area contributed by atoms with Crippen molar-refractivity contribution in [2.45, 2.75) is 53.0 Å². The monoisotopic (exact) mass is 299 g/mol. The standard InChI is InChI=1S/C17H37N3O/c1-15(2)14-17(21)20(7)13-9-11-18(5)10-8-12-19(6)16(3)4/h15-16H,8-14H2,1-7H3. The van der Waals surface area contributed by atoms with E-state index in [1.807, 2.05) is 11.9 Å². The number of carbonyl (C=O) groups excluding carboxylic acids is 1. The first kappa shape index (κ1) is 20.4. The van der Waals surface area contributed by atoms with Gasteiger partial charge in [0.2, 0.25) is 5.91 Å². The quantitative estimate of drug-likeness (QED) is 0.586. The minimum Gasteiger partial charge on any atom is -0.346 e. The summed E-state index contributed by atoms with van der Waals surface area (Å²) in [6.45, 7) is 12.8. The van der Waals surface area contributed by atoms with Crippen LogP contribution in [0.15, 0.2) is 0 Å². The van der Waals surface area contributed by atoms with E-state index in [0.717, 1.165) is 32.6 Å². The van der Waals surface area contributed by atoms with Crippen molar-refractivity contribution in [2.24, 2.45) is 5.92 Å². The molecule has 0 saturated carbocycles. The first-order valence-corrected chi connectivity index (χ1v) is 8.36. The van der Waals surface area contributed by atoms with Crippen molar-refractivity contribution in [3.05, 3.63) is 0 Å². The summed E-state index contributed by atoms with van der Waals surface area (Å²) in [6.07, 6.45) is 2.91. The van der Waals surface area contributed by atoms with Gasteiger partial charge in [-0.25, -0.2) is 0 Å². The van der Waals surface area contributed by atoms with E-state index >= 15 is 0 Å². The predicted octanol–water partition coefficient (Wildman–Crippen LogP) is 2.54. The fourth-order valence-electron chi connectivity index (χ4n) is 2.17. The third-order valence-electron chi connectivity index (χ3n) is 3.97. The number of rotatable bonds is 11. The first-order chi connectivity index (χ1) is 9.73. The maximum atomic E-state index is 11.8. The SMILES string of the molecule is CC(C)CC(=O)N(C)CCCN(C)CCCN(C)C(C)C. The molecule has 21 heavy (non-hydrogen) atoms. The molecule has 0 N–H and O–H groups in total. The molecule has 4 nitrogen and oxygen atoms in total. The second kappa shape index (κ2) is 11.0. The molecule has 0 bridgehead atoms. The summed E-state index contributed by atoms with van der Waals surface area (Å²) in [5.74, 6) is 0.715. The van der Waals surface area contributed by atoms with Crippen molar-refractivity contribution in [3.63, 3.8) is 0 Å². The number of hydrogen-bond donors (Lipinski definition) is 0. The van der Waals surface area contributed by atoms with Gasteiger partial charge in [-0.2, -0.15) is 0 Å². The van der Waals surface area contributed by atoms with Gasteiger partial charge in [-0.1, -0.05) is 13.8 Å². The molecule has 0 aliphatic heterocycles. The van der Waals surface area contributed by atoms with E-state index in [0.29, 0.717) is 18.4 Å². The fraction of sp³-hybridized carbons (Fsp3) is 0.941. The number of amides is 1. The minimum absolute atomic E-state index is 0.270. The zero-order valence-corrected chi connectivity index (χ0v) is 15.4. The highest BCUT2D eigenvalue weighted by Crippen LogP contribution is 2.03. The van der Waals surface area contributed by atoms with E-state index < -0.39 is 0 Å². The molecular formula is C17H37N3O. The smallest absolute Gasteiger partial charge is 0.222 e. The maximum absolute atomic E-state index is 11.8. The average molecular weight is 300 g/mol. The lowest BCUT2D eigenvalue weighted by Crippen LogP contribution is -2.32. The summed E-state index contributed by atoms with van der Waals surface area (Å²) in [5.41, 5.74) is 0. The van der Waals surface area contributed by atoms with Gasteiger partial charge in [-0.3, -0.25) is 4.79 Å². The van der Waals surface area contributed by atoms with Crippen LogP contribution in [0.25, 0.3) is 0 Å². The molecule has 126 valence electrons. The minimum atomic E-state index is 0.270. The lowest BCUT2D eigenvalue weighted by molar-refractivity contribution is -0.130. The summed E-state index contributed by atoms with van der Waals surface area (Å²) in [6, 6.07) is 0.621. The van der Waals surface area contributed by atoms with Gasteiger partial charge in [-0.05, 0) is 66.3 Å². The molecule has 0 atom stereocenters. The Balaban J connectivity index is 3.70. The van der Waals surface area contributed by atoms with Crippen LogP contribution in [0.4, 0.5) is 0 Å². The topological polar surface area (TPSA) is 26.8 Å². The summed E-state index contributed by atoms with van der Waals surface area (Å²) >= 11 is 0. The molecule has 0 saturated heterocycles. The van der Waals surface area contributed by atoms with Crippen LogP contribution in [0.2, 0.25) is 0 Å². The second-order valence-electron chi connectivity index (χ2n) is 7.00. The lowest BCUT2D eigenvalue weighted by atomic mass is 10.1. The van der Waals surface area contributed by atoms with E-state index in [1.54, 1.807) is 0 Å². The Kier molecular flexibility index (Phi) is 10.7. The van der Waals surface area contributed by atoms with Crippen LogP contribution in [-0.4, -0.2) is 74.0 Å². The van der Waals surface area contributed by atoms with Crippen molar-refractivity contribution in [1.29, 1.82) is 0 Å². The van der Waals surface area contributed by atoms with E-state index in [9.17, 15) is 4.79 Å². The van der Waals surface area contributed by atoms with Gasteiger partial charge in [0.1, 0.15) is 0 Å². The van der Waals surface area contributed by atoms with Crippen LogP contribution < -0.4 is 0 Å². The third-order valence-corrected chi connectivity index (χ3v) is 3.97. The zero-order valence-electron chi connectivity index (χ0n) is 15.4. The molecule has 0 radical (unpaired) electrons. The highest BCUT2D eigenvalue weighted by atomic mass is 16.2. The van der Waals surface area contributed by atoms with Crippen molar-refractivity contribution in [2.75, 3.05) is 47.3 Å². The Bertz CT molecular complexity index is 279. The molecule has 0 aliphatic carbocycles. The Morgan fingerprint density at radius 2 is 1.38 bits per heavy atom. The van der Waals surface area contributed by atoms with E-state index in [2.05, 4.69) is 51.6 Å². The normalized spacial score (nSPS) is 12.0. The molecular weight excluding hydrogens is 262 g/mol. The Hall–Kier alpha value is -0.610. The van der Waals surface area contributed by atoms with Crippen LogP contribution in [0.5, 0.6) is 0 Å². The summed E-state index contributed by atoms with van der Waals surface area (Å²) in [7, 11) is 6.27. The summed E-state index contributed by atoms with van der Waals surface area (Å²) in [4.78, 5) is 18.5. The third kappa shape index (κ3) is 10.7. The van der Waals surface area contributed by atoms with E-state index in [-0.39, 0.29) is 5.91 Å². The van der Waals surface area contributed by atoms with Gasteiger partial charge >= 0.3 is 0 Å². The van der Waals surface area contributed by atoms with Gasteiger partial charge < -0.3 is 14.7 Å². The van der Waals surface area contributed by atoms with Crippen molar-refractivity contribution in [3.8, 4) is 0 Å². The Morgan fingerprint density at radius 3 is 1.86 bits per heavy atom. The summed E-state index contributed by atoms with van der Waals surface area (Å²) < 4.78 is 0. The van der Waals surface area contributed by atoms with Crippen molar-refractivity contribution < 1.29 is 4.79 Å².